The van der Waals surface area contributed by atoms with E-state index in [1.54, 1.807) is 12.1 Å². The summed E-state index contributed by atoms with van der Waals surface area (Å²) < 4.78 is 21.1. The number of rotatable bonds is 3. The van der Waals surface area contributed by atoms with E-state index < -0.39 is 0 Å². The average molecular weight is 334 g/mol. The highest BCUT2D eigenvalue weighted by atomic mass is 16.7. The van der Waals surface area contributed by atoms with Gasteiger partial charge in [-0.2, -0.15) is 9.97 Å². The van der Waals surface area contributed by atoms with E-state index in [0.29, 0.717) is 23.1 Å². The van der Waals surface area contributed by atoms with Crippen molar-refractivity contribution in [1.82, 2.24) is 20.3 Å². The van der Waals surface area contributed by atoms with Crippen LogP contribution in [0.25, 0.3) is 34.6 Å². The van der Waals surface area contributed by atoms with Crippen LogP contribution in [0.5, 0.6) is 11.5 Å². The largest absolute Gasteiger partial charge is 0.454 e. The zero-order chi connectivity index (χ0) is 16.6. The van der Waals surface area contributed by atoms with E-state index in [1.165, 1.54) is 0 Å². The lowest BCUT2D eigenvalue weighted by atomic mass is 10.2. The number of nitrogens with zero attached hydrogens (tertiary/aromatic N) is 4. The number of benzene rings is 2. The molecule has 1 aliphatic heterocycles. The van der Waals surface area contributed by atoms with Crippen LogP contribution in [0.4, 0.5) is 0 Å². The Morgan fingerprint density at radius 2 is 1.36 bits per heavy atom. The van der Waals surface area contributed by atoms with Gasteiger partial charge in [-0.3, -0.25) is 0 Å². The van der Waals surface area contributed by atoms with Crippen LogP contribution in [0, 0.1) is 0 Å². The van der Waals surface area contributed by atoms with Crippen molar-refractivity contribution in [2.75, 3.05) is 6.79 Å². The Labute approximate surface area is 141 Å². The summed E-state index contributed by atoms with van der Waals surface area (Å²) in [6, 6.07) is 14.9. The van der Waals surface area contributed by atoms with Gasteiger partial charge in [0.05, 0.1) is 0 Å². The number of aromatic nitrogens is 4. The first-order valence-corrected chi connectivity index (χ1v) is 7.50. The Bertz CT molecular complexity index is 1040. The second-order valence-corrected chi connectivity index (χ2v) is 5.28. The lowest BCUT2D eigenvalue weighted by Gasteiger charge is -1.97. The van der Waals surface area contributed by atoms with Gasteiger partial charge < -0.3 is 18.5 Å². The molecule has 8 heteroatoms. The summed E-state index contributed by atoms with van der Waals surface area (Å²) in [6.45, 7) is 0.209. The van der Waals surface area contributed by atoms with Gasteiger partial charge in [-0.25, -0.2) is 0 Å². The van der Waals surface area contributed by atoms with Crippen LogP contribution >= 0.6 is 0 Å². The molecular weight excluding hydrogens is 324 g/mol. The van der Waals surface area contributed by atoms with Crippen LogP contribution in [-0.2, 0) is 0 Å². The molecule has 122 valence electrons. The lowest BCUT2D eigenvalue weighted by Crippen LogP contribution is -1.92. The Morgan fingerprint density at radius 1 is 0.680 bits per heavy atom. The molecule has 0 bridgehead atoms. The molecular formula is C17H10N4O4. The zero-order valence-corrected chi connectivity index (χ0v) is 12.7. The molecule has 0 fully saturated rings. The monoisotopic (exact) mass is 334 g/mol. The third kappa shape index (κ3) is 2.40. The minimum absolute atomic E-state index is 0.155. The fraction of sp³-hybridized carbons (Fsp3) is 0.0588. The van der Waals surface area contributed by atoms with Gasteiger partial charge >= 0.3 is 11.8 Å². The molecule has 0 saturated carbocycles. The Balaban J connectivity index is 1.46. The summed E-state index contributed by atoms with van der Waals surface area (Å²) in [5.74, 6) is 2.51. The SMILES string of the molecule is c1ccc(-c2noc(-c3nc(-c4ccc5c(c4)OCO5)no3)n2)cc1. The smallest absolute Gasteiger partial charge is 0.316 e. The zero-order valence-electron chi connectivity index (χ0n) is 12.7. The first kappa shape index (κ1) is 13.7. The number of hydrogen-bond donors (Lipinski definition) is 0. The van der Waals surface area contributed by atoms with Crippen molar-refractivity contribution < 1.29 is 18.5 Å². The van der Waals surface area contributed by atoms with Gasteiger partial charge in [0.25, 0.3) is 0 Å². The second-order valence-electron chi connectivity index (χ2n) is 5.28. The molecule has 4 aromatic rings. The summed E-state index contributed by atoms with van der Waals surface area (Å²) in [5, 5.41) is 7.90. The van der Waals surface area contributed by atoms with Gasteiger partial charge in [0.2, 0.25) is 18.4 Å². The maximum atomic E-state index is 5.36. The normalized spacial score (nSPS) is 12.5. The van der Waals surface area contributed by atoms with Gasteiger partial charge in [0, 0.05) is 11.1 Å². The highest BCUT2D eigenvalue weighted by Gasteiger charge is 2.20. The molecule has 0 spiro atoms. The first-order valence-electron chi connectivity index (χ1n) is 7.50. The highest BCUT2D eigenvalue weighted by molar-refractivity contribution is 5.63. The molecule has 0 amide bonds. The van der Waals surface area contributed by atoms with Gasteiger partial charge in [-0.15, -0.1) is 0 Å². The fourth-order valence-electron chi connectivity index (χ4n) is 2.48. The average Bonchev–Trinajstić information content (AvgIpc) is 3.40. The predicted molar refractivity (Wildman–Crippen MR) is 84.6 cm³/mol. The van der Waals surface area contributed by atoms with Crippen molar-refractivity contribution >= 4 is 0 Å². The number of fused-ring (bicyclic) bond motifs is 1. The van der Waals surface area contributed by atoms with Gasteiger partial charge in [0.15, 0.2) is 11.5 Å². The predicted octanol–water partition coefficient (Wildman–Crippen LogP) is 3.18. The molecule has 0 unspecified atom stereocenters. The van der Waals surface area contributed by atoms with Crippen molar-refractivity contribution in [3.63, 3.8) is 0 Å². The third-order valence-corrected chi connectivity index (χ3v) is 3.70. The topological polar surface area (TPSA) is 96.3 Å². The van der Waals surface area contributed by atoms with Crippen LogP contribution in [0.15, 0.2) is 57.6 Å². The summed E-state index contributed by atoms with van der Waals surface area (Å²) in [6.07, 6.45) is 0. The van der Waals surface area contributed by atoms with Gasteiger partial charge in [-0.05, 0) is 18.2 Å². The second kappa shape index (κ2) is 5.45. The molecule has 0 aliphatic carbocycles. The van der Waals surface area contributed by atoms with E-state index in [1.807, 2.05) is 36.4 Å². The molecule has 2 aromatic heterocycles. The summed E-state index contributed by atoms with van der Waals surface area (Å²) in [4.78, 5) is 8.61. The van der Waals surface area contributed by atoms with Crippen LogP contribution in [-0.4, -0.2) is 27.1 Å². The summed E-state index contributed by atoms with van der Waals surface area (Å²) in [5.41, 5.74) is 1.58. The maximum Gasteiger partial charge on any atom is 0.316 e. The summed E-state index contributed by atoms with van der Waals surface area (Å²) in [7, 11) is 0. The van der Waals surface area contributed by atoms with E-state index in [-0.39, 0.29) is 18.6 Å². The minimum Gasteiger partial charge on any atom is -0.454 e. The van der Waals surface area contributed by atoms with Crippen LogP contribution < -0.4 is 9.47 Å². The third-order valence-electron chi connectivity index (χ3n) is 3.70. The molecule has 0 radical (unpaired) electrons. The van der Waals surface area contributed by atoms with Crippen molar-refractivity contribution in [3.05, 3.63) is 48.5 Å². The quantitative estimate of drug-likeness (QED) is 0.563. The molecule has 8 nitrogen and oxygen atoms in total. The first-order chi connectivity index (χ1) is 12.4. The maximum absolute atomic E-state index is 5.36. The van der Waals surface area contributed by atoms with E-state index in [2.05, 4.69) is 20.3 Å². The molecule has 5 rings (SSSR count). The molecule has 25 heavy (non-hydrogen) atoms. The lowest BCUT2D eigenvalue weighted by molar-refractivity contribution is 0.174. The van der Waals surface area contributed by atoms with E-state index in [4.69, 9.17) is 18.5 Å². The van der Waals surface area contributed by atoms with E-state index in [9.17, 15) is 0 Å². The Morgan fingerprint density at radius 3 is 2.12 bits per heavy atom. The Kier molecular flexibility index (Phi) is 2.99. The standard InChI is InChI=1S/C17H10N4O4/c1-2-4-10(5-3-1)14-18-16(24-20-14)17-19-15(21-25-17)11-6-7-12-13(8-11)23-9-22-12/h1-8H,9H2. The number of hydrogen-bond acceptors (Lipinski definition) is 8. The molecule has 0 N–H and O–H groups in total. The highest BCUT2D eigenvalue weighted by Crippen LogP contribution is 2.35. The molecule has 0 saturated heterocycles. The summed E-state index contributed by atoms with van der Waals surface area (Å²) >= 11 is 0. The van der Waals surface area contributed by atoms with Crippen LogP contribution in [0.2, 0.25) is 0 Å². The molecule has 3 heterocycles. The minimum atomic E-state index is 0.155. The van der Waals surface area contributed by atoms with Gasteiger partial charge in [0.1, 0.15) is 0 Å². The van der Waals surface area contributed by atoms with E-state index >= 15 is 0 Å². The molecule has 1 aliphatic rings. The Hall–Kier alpha value is -3.68. The fourth-order valence-corrected chi connectivity index (χ4v) is 2.48. The van der Waals surface area contributed by atoms with Crippen LogP contribution in [0.1, 0.15) is 0 Å². The van der Waals surface area contributed by atoms with Gasteiger partial charge in [-0.1, -0.05) is 40.6 Å². The van der Waals surface area contributed by atoms with E-state index in [0.717, 1.165) is 11.1 Å². The van der Waals surface area contributed by atoms with Crippen molar-refractivity contribution in [2.24, 2.45) is 0 Å². The molecule has 0 atom stereocenters. The number of ether oxygens (including phenoxy) is 2. The molecule has 2 aromatic carbocycles. The van der Waals surface area contributed by atoms with Crippen molar-refractivity contribution in [3.8, 4) is 46.1 Å². The van der Waals surface area contributed by atoms with Crippen molar-refractivity contribution in [1.29, 1.82) is 0 Å². The van der Waals surface area contributed by atoms with Crippen LogP contribution in [0.3, 0.4) is 0 Å². The van der Waals surface area contributed by atoms with Crippen molar-refractivity contribution in [2.45, 2.75) is 0 Å².